The Hall–Kier alpha value is -3.81. The van der Waals surface area contributed by atoms with E-state index < -0.39 is 0 Å². The molecule has 0 aliphatic heterocycles. The predicted molar refractivity (Wildman–Crippen MR) is 135 cm³/mol. The minimum absolute atomic E-state index is 0.346. The highest BCUT2D eigenvalue weighted by Crippen LogP contribution is 2.30. The fraction of sp³-hybridized carbons (Fsp3) is 0.346. The van der Waals surface area contributed by atoms with Gasteiger partial charge in [-0.1, -0.05) is 18.2 Å². The molecule has 3 rings (SSSR count). The monoisotopic (exact) mass is 463 g/mol. The quantitative estimate of drug-likeness (QED) is 0.384. The molecule has 2 N–H and O–H groups in total. The summed E-state index contributed by atoms with van der Waals surface area (Å²) < 4.78 is 12.8. The smallest absolute Gasteiger partial charge is 0.261 e. The summed E-state index contributed by atoms with van der Waals surface area (Å²) in [5.74, 6) is 0.870. The number of guanidine groups is 1. The first kappa shape index (κ1) is 24.8. The van der Waals surface area contributed by atoms with Gasteiger partial charge in [0, 0.05) is 24.5 Å². The average molecular weight is 464 g/mol. The third-order valence-corrected chi connectivity index (χ3v) is 5.62. The number of aryl methyl sites for hydroxylation is 3. The number of aromatic nitrogens is 2. The van der Waals surface area contributed by atoms with Crippen LogP contribution in [0.1, 0.15) is 39.8 Å². The zero-order valence-corrected chi connectivity index (χ0v) is 20.7. The molecule has 1 amide bonds. The highest BCUT2D eigenvalue weighted by Gasteiger charge is 2.18. The summed E-state index contributed by atoms with van der Waals surface area (Å²) in [7, 11) is 3.05. The third-order valence-electron chi connectivity index (χ3n) is 5.62. The number of nitrogens with one attached hydrogen (secondary N) is 2. The van der Waals surface area contributed by atoms with Crippen molar-refractivity contribution in [2.75, 3.05) is 26.1 Å². The fourth-order valence-electron chi connectivity index (χ4n) is 3.89. The first-order chi connectivity index (χ1) is 16.4. The molecule has 0 saturated carbocycles. The highest BCUT2D eigenvalue weighted by atomic mass is 16.5. The average Bonchev–Trinajstić information content (AvgIpc) is 3.10. The Morgan fingerprint density at radius 2 is 1.85 bits per heavy atom. The normalized spacial score (nSPS) is 11.3. The molecule has 8 heteroatoms. The molecule has 34 heavy (non-hydrogen) atoms. The van der Waals surface area contributed by atoms with Crippen LogP contribution in [0.5, 0.6) is 11.5 Å². The lowest BCUT2D eigenvalue weighted by molar-refractivity contribution is 0.0973. The van der Waals surface area contributed by atoms with E-state index in [2.05, 4.69) is 34.6 Å². The van der Waals surface area contributed by atoms with E-state index in [1.165, 1.54) is 19.8 Å². The lowest BCUT2D eigenvalue weighted by Gasteiger charge is -2.15. The van der Waals surface area contributed by atoms with Gasteiger partial charge in [-0.2, -0.15) is 5.10 Å². The van der Waals surface area contributed by atoms with Crippen molar-refractivity contribution < 1.29 is 14.3 Å². The van der Waals surface area contributed by atoms with Crippen LogP contribution < -0.4 is 20.1 Å². The van der Waals surface area contributed by atoms with Gasteiger partial charge in [0.15, 0.2) is 11.5 Å². The van der Waals surface area contributed by atoms with E-state index in [0.29, 0.717) is 29.6 Å². The standard InChI is InChI=1S/C26H33N5O3/c1-7-31-19(4)21(18(3)30-31)14-15-27-26(28-20-11-8-10-17(2)16-20)29-25(32)22-12-9-13-23(33-5)24(22)34-6/h8-13,16H,7,14-15H2,1-6H3,(H2,27,28,29,32). The summed E-state index contributed by atoms with van der Waals surface area (Å²) in [6.07, 6.45) is 0.717. The minimum atomic E-state index is -0.346. The Bertz CT molecular complexity index is 1180. The number of nitrogens with zero attached hydrogens (tertiary/aromatic N) is 3. The van der Waals surface area contributed by atoms with Gasteiger partial charge in [0.25, 0.3) is 5.91 Å². The van der Waals surface area contributed by atoms with Crippen molar-refractivity contribution in [3.05, 3.63) is 70.5 Å². The minimum Gasteiger partial charge on any atom is -0.493 e. The van der Waals surface area contributed by atoms with Gasteiger partial charge < -0.3 is 14.8 Å². The van der Waals surface area contributed by atoms with Crippen LogP contribution in [0.25, 0.3) is 0 Å². The number of aliphatic imine (C=N–C) groups is 1. The molecule has 0 atom stereocenters. The molecular formula is C26H33N5O3. The number of ether oxygens (including phenoxy) is 2. The van der Waals surface area contributed by atoms with Gasteiger partial charge in [0.05, 0.1) is 25.5 Å². The second kappa shape index (κ2) is 11.4. The van der Waals surface area contributed by atoms with Crippen LogP contribution in [0, 0.1) is 20.8 Å². The predicted octanol–water partition coefficient (Wildman–Crippen LogP) is 4.29. The lowest BCUT2D eigenvalue weighted by Crippen LogP contribution is -2.36. The first-order valence-electron chi connectivity index (χ1n) is 11.3. The summed E-state index contributed by atoms with van der Waals surface area (Å²) in [6.45, 7) is 9.49. The van der Waals surface area contributed by atoms with Crippen molar-refractivity contribution in [1.82, 2.24) is 15.1 Å². The number of amides is 1. The van der Waals surface area contributed by atoms with E-state index in [1.54, 1.807) is 18.2 Å². The molecular weight excluding hydrogens is 430 g/mol. The molecule has 180 valence electrons. The van der Waals surface area contributed by atoms with E-state index in [1.807, 2.05) is 42.8 Å². The number of rotatable bonds is 8. The Kier molecular flexibility index (Phi) is 8.29. The number of carbonyl (C=O) groups excluding carboxylic acids is 1. The van der Waals surface area contributed by atoms with Gasteiger partial charge in [0.2, 0.25) is 5.96 Å². The molecule has 0 fully saturated rings. The van der Waals surface area contributed by atoms with Crippen molar-refractivity contribution in [3.63, 3.8) is 0 Å². The van der Waals surface area contributed by atoms with E-state index in [4.69, 9.17) is 9.47 Å². The van der Waals surface area contributed by atoms with E-state index in [-0.39, 0.29) is 5.91 Å². The molecule has 1 aromatic heterocycles. The van der Waals surface area contributed by atoms with Crippen LogP contribution >= 0.6 is 0 Å². The zero-order valence-electron chi connectivity index (χ0n) is 20.7. The van der Waals surface area contributed by atoms with Gasteiger partial charge in [-0.15, -0.1) is 0 Å². The SMILES string of the molecule is CCn1nc(C)c(CCN=C(NC(=O)c2cccc(OC)c2OC)Nc2cccc(C)c2)c1C. The number of hydrogen-bond acceptors (Lipinski definition) is 5. The van der Waals surface area contributed by atoms with Crippen molar-refractivity contribution in [1.29, 1.82) is 0 Å². The van der Waals surface area contributed by atoms with Gasteiger partial charge in [-0.25, -0.2) is 0 Å². The number of methoxy groups -OCH3 is 2. The number of carbonyl (C=O) groups is 1. The Labute approximate surface area is 201 Å². The van der Waals surface area contributed by atoms with E-state index in [9.17, 15) is 4.79 Å². The van der Waals surface area contributed by atoms with Crippen LogP contribution in [0.3, 0.4) is 0 Å². The van der Waals surface area contributed by atoms with Gasteiger partial charge in [0.1, 0.15) is 0 Å². The molecule has 0 aliphatic rings. The maximum atomic E-state index is 13.2. The molecule has 0 radical (unpaired) electrons. The van der Waals surface area contributed by atoms with Crippen LogP contribution in [-0.4, -0.2) is 42.4 Å². The maximum Gasteiger partial charge on any atom is 0.261 e. The molecule has 3 aromatic rings. The van der Waals surface area contributed by atoms with Gasteiger partial charge >= 0.3 is 0 Å². The zero-order chi connectivity index (χ0) is 24.7. The van der Waals surface area contributed by atoms with E-state index in [0.717, 1.165) is 35.6 Å². The number of benzene rings is 2. The number of anilines is 1. The number of hydrogen-bond donors (Lipinski definition) is 2. The van der Waals surface area contributed by atoms with Crippen molar-refractivity contribution in [2.45, 2.75) is 40.7 Å². The number of para-hydroxylation sites is 1. The lowest BCUT2D eigenvalue weighted by atomic mass is 10.1. The van der Waals surface area contributed by atoms with Crippen molar-refractivity contribution in [2.24, 2.45) is 4.99 Å². The summed E-state index contributed by atoms with van der Waals surface area (Å²) in [4.78, 5) is 17.9. The Balaban J connectivity index is 1.85. The summed E-state index contributed by atoms with van der Waals surface area (Å²) in [5.41, 5.74) is 5.63. The molecule has 0 spiro atoms. The van der Waals surface area contributed by atoms with Gasteiger partial charge in [-0.3, -0.25) is 19.8 Å². The van der Waals surface area contributed by atoms with E-state index >= 15 is 0 Å². The molecule has 8 nitrogen and oxygen atoms in total. The van der Waals surface area contributed by atoms with Crippen LogP contribution in [0.4, 0.5) is 5.69 Å². The van der Waals surface area contributed by atoms with Crippen molar-refractivity contribution in [3.8, 4) is 11.5 Å². The molecule has 0 bridgehead atoms. The maximum absolute atomic E-state index is 13.2. The first-order valence-corrected chi connectivity index (χ1v) is 11.3. The highest BCUT2D eigenvalue weighted by molar-refractivity contribution is 6.11. The molecule has 0 saturated heterocycles. The van der Waals surface area contributed by atoms with Crippen LogP contribution in [0.2, 0.25) is 0 Å². The summed E-state index contributed by atoms with van der Waals surface area (Å²) >= 11 is 0. The van der Waals surface area contributed by atoms with Crippen LogP contribution in [-0.2, 0) is 13.0 Å². The Morgan fingerprint density at radius 1 is 1.09 bits per heavy atom. The second-order valence-corrected chi connectivity index (χ2v) is 7.94. The topological polar surface area (TPSA) is 89.8 Å². The molecule has 2 aromatic carbocycles. The molecule has 0 unspecified atom stereocenters. The van der Waals surface area contributed by atoms with Crippen LogP contribution in [0.15, 0.2) is 47.5 Å². The fourth-order valence-corrected chi connectivity index (χ4v) is 3.89. The largest absolute Gasteiger partial charge is 0.493 e. The van der Waals surface area contributed by atoms with Gasteiger partial charge in [-0.05, 0) is 69.5 Å². The second-order valence-electron chi connectivity index (χ2n) is 7.94. The Morgan fingerprint density at radius 3 is 2.50 bits per heavy atom. The molecule has 1 heterocycles. The summed E-state index contributed by atoms with van der Waals surface area (Å²) in [6, 6.07) is 13.1. The molecule has 0 aliphatic carbocycles. The van der Waals surface area contributed by atoms with Crippen molar-refractivity contribution >= 4 is 17.6 Å². The third kappa shape index (κ3) is 5.75. The summed E-state index contributed by atoms with van der Waals surface area (Å²) in [5, 5.41) is 10.7.